The minimum absolute atomic E-state index is 0.179. The fourth-order valence-electron chi connectivity index (χ4n) is 3.57. The van der Waals surface area contributed by atoms with Crippen molar-refractivity contribution in [3.8, 4) is 11.4 Å². The van der Waals surface area contributed by atoms with E-state index in [-0.39, 0.29) is 10.5 Å². The Morgan fingerprint density at radius 3 is 2.52 bits per heavy atom. The number of nitrogens with one attached hydrogen (secondary N) is 1. The van der Waals surface area contributed by atoms with Crippen LogP contribution in [0, 0.1) is 6.92 Å². The number of morpholine rings is 1. The topological polar surface area (TPSA) is 106 Å². The van der Waals surface area contributed by atoms with Crippen LogP contribution < -0.4 is 10.3 Å². The Balaban J connectivity index is 1.60. The Morgan fingerprint density at radius 2 is 1.82 bits per heavy atom. The number of aromatic amines is 1. The molecule has 10 heteroatoms. The zero-order valence-corrected chi connectivity index (χ0v) is 19.3. The SMILES string of the molecule is CCOc1ccccc1N=Cc1c(C)[nH]n(-c2ccc(S(=O)(=O)N3CCOCC3)cc2)c1=O. The van der Waals surface area contributed by atoms with Gasteiger partial charge in [-0.05, 0) is 50.2 Å². The lowest BCUT2D eigenvalue weighted by atomic mass is 10.2. The van der Waals surface area contributed by atoms with Gasteiger partial charge in [0.2, 0.25) is 10.0 Å². The van der Waals surface area contributed by atoms with Gasteiger partial charge < -0.3 is 9.47 Å². The number of H-pyrrole nitrogens is 1. The highest BCUT2D eigenvalue weighted by molar-refractivity contribution is 7.89. The first kappa shape index (κ1) is 23.0. The highest BCUT2D eigenvalue weighted by Gasteiger charge is 2.26. The maximum Gasteiger partial charge on any atom is 0.280 e. The zero-order valence-electron chi connectivity index (χ0n) is 18.5. The summed E-state index contributed by atoms with van der Waals surface area (Å²) in [5.41, 5.74) is 1.92. The molecule has 1 aromatic heterocycles. The van der Waals surface area contributed by atoms with Gasteiger partial charge in [0.15, 0.2) is 0 Å². The minimum atomic E-state index is -3.60. The quantitative estimate of drug-likeness (QED) is 0.535. The maximum atomic E-state index is 13.0. The molecule has 9 nitrogen and oxygen atoms in total. The molecule has 0 spiro atoms. The van der Waals surface area contributed by atoms with Gasteiger partial charge >= 0.3 is 0 Å². The van der Waals surface area contributed by atoms with Crippen LogP contribution in [0.3, 0.4) is 0 Å². The van der Waals surface area contributed by atoms with Crippen LogP contribution in [-0.4, -0.2) is 61.6 Å². The molecule has 0 radical (unpaired) electrons. The number of ether oxygens (including phenoxy) is 2. The van der Waals surface area contributed by atoms with Crippen LogP contribution in [0.1, 0.15) is 18.2 Å². The number of hydrogen-bond acceptors (Lipinski definition) is 6. The van der Waals surface area contributed by atoms with Crippen LogP contribution in [0.25, 0.3) is 5.69 Å². The molecule has 33 heavy (non-hydrogen) atoms. The highest BCUT2D eigenvalue weighted by Crippen LogP contribution is 2.26. The number of nitrogens with zero attached hydrogens (tertiary/aromatic N) is 3. The molecule has 1 saturated heterocycles. The van der Waals surface area contributed by atoms with Gasteiger partial charge in [-0.15, -0.1) is 0 Å². The van der Waals surface area contributed by atoms with E-state index in [0.29, 0.717) is 61.3 Å². The fraction of sp³-hybridized carbons (Fsp3) is 0.304. The molecule has 0 amide bonds. The predicted molar refractivity (Wildman–Crippen MR) is 126 cm³/mol. The number of benzene rings is 2. The number of aromatic nitrogens is 2. The van der Waals surface area contributed by atoms with Crippen LogP contribution in [0.15, 0.2) is 63.2 Å². The van der Waals surface area contributed by atoms with Gasteiger partial charge in [0.1, 0.15) is 11.4 Å². The molecule has 0 atom stereocenters. The van der Waals surface area contributed by atoms with E-state index in [1.165, 1.54) is 27.3 Å². The monoisotopic (exact) mass is 470 g/mol. The number of para-hydroxylation sites is 2. The van der Waals surface area contributed by atoms with Crippen LogP contribution in [0.2, 0.25) is 0 Å². The molecule has 0 aliphatic carbocycles. The van der Waals surface area contributed by atoms with Crippen molar-refractivity contribution < 1.29 is 17.9 Å². The lowest BCUT2D eigenvalue weighted by Gasteiger charge is -2.26. The summed E-state index contributed by atoms with van der Waals surface area (Å²) in [7, 11) is -3.60. The number of hydrogen-bond donors (Lipinski definition) is 1. The van der Waals surface area contributed by atoms with Crippen LogP contribution >= 0.6 is 0 Å². The van der Waals surface area contributed by atoms with Crippen LogP contribution in [-0.2, 0) is 14.8 Å². The molecule has 3 aromatic rings. The average Bonchev–Trinajstić information content (AvgIpc) is 3.12. The Kier molecular flexibility index (Phi) is 6.77. The van der Waals surface area contributed by atoms with Gasteiger partial charge in [-0.2, -0.15) is 4.31 Å². The normalized spacial score (nSPS) is 15.2. The first-order chi connectivity index (χ1) is 15.9. The molecule has 2 heterocycles. The summed E-state index contributed by atoms with van der Waals surface area (Å²) in [6.45, 7) is 5.61. The molecule has 0 saturated carbocycles. The van der Waals surface area contributed by atoms with Gasteiger partial charge in [0.05, 0.1) is 36.0 Å². The second-order valence-electron chi connectivity index (χ2n) is 7.46. The third-order valence-electron chi connectivity index (χ3n) is 5.32. The van der Waals surface area contributed by atoms with E-state index in [4.69, 9.17) is 9.47 Å². The van der Waals surface area contributed by atoms with Crippen molar-refractivity contribution >= 4 is 21.9 Å². The second-order valence-corrected chi connectivity index (χ2v) is 9.40. The Bertz CT molecular complexity index is 1300. The number of aliphatic imine (C=N–C) groups is 1. The molecule has 0 bridgehead atoms. The Hall–Kier alpha value is -3.21. The van der Waals surface area contributed by atoms with Crippen LogP contribution in [0.4, 0.5) is 5.69 Å². The summed E-state index contributed by atoms with van der Waals surface area (Å²) >= 11 is 0. The largest absolute Gasteiger partial charge is 0.492 e. The minimum Gasteiger partial charge on any atom is -0.492 e. The smallest absolute Gasteiger partial charge is 0.280 e. The van der Waals surface area contributed by atoms with E-state index in [0.717, 1.165) is 0 Å². The maximum absolute atomic E-state index is 13.0. The number of aryl methyl sites for hydroxylation is 1. The van der Waals surface area contributed by atoms with E-state index in [2.05, 4.69) is 10.1 Å². The standard InChI is InChI=1S/C23H26N4O5S/c1-3-32-22-7-5-4-6-21(22)24-16-20-17(2)25-27(23(20)28)18-8-10-19(11-9-18)33(29,30)26-12-14-31-15-13-26/h4-11,16,25H,3,12-15H2,1-2H3. The van der Waals surface area contributed by atoms with Gasteiger partial charge in [-0.25, -0.2) is 13.1 Å². The molecule has 1 N–H and O–H groups in total. The molecule has 1 aliphatic rings. The third-order valence-corrected chi connectivity index (χ3v) is 7.23. The summed E-state index contributed by atoms with van der Waals surface area (Å²) in [5.74, 6) is 0.641. The summed E-state index contributed by atoms with van der Waals surface area (Å²) in [6, 6.07) is 13.6. The van der Waals surface area contributed by atoms with Gasteiger partial charge in [0.25, 0.3) is 5.56 Å². The highest BCUT2D eigenvalue weighted by atomic mass is 32.2. The average molecular weight is 471 g/mol. The molecule has 1 fully saturated rings. The van der Waals surface area contributed by atoms with Crippen molar-refractivity contribution in [2.24, 2.45) is 4.99 Å². The third kappa shape index (κ3) is 4.77. The summed E-state index contributed by atoms with van der Waals surface area (Å²) < 4.78 is 39.2. The van der Waals surface area contributed by atoms with Gasteiger partial charge in [0, 0.05) is 25.0 Å². The van der Waals surface area contributed by atoms with Crippen molar-refractivity contribution in [3.63, 3.8) is 0 Å². The van der Waals surface area contributed by atoms with Crippen molar-refractivity contribution in [1.82, 2.24) is 14.1 Å². The second kappa shape index (κ2) is 9.74. The van der Waals surface area contributed by atoms with E-state index in [1.54, 1.807) is 19.1 Å². The zero-order chi connectivity index (χ0) is 23.4. The predicted octanol–water partition coefficient (Wildman–Crippen LogP) is 2.64. The van der Waals surface area contributed by atoms with Crippen molar-refractivity contribution in [1.29, 1.82) is 0 Å². The molecule has 1 aliphatic heterocycles. The molecule has 2 aromatic carbocycles. The van der Waals surface area contributed by atoms with Crippen molar-refractivity contribution in [2.45, 2.75) is 18.7 Å². The fourth-order valence-corrected chi connectivity index (χ4v) is 4.98. The number of sulfonamides is 1. The molecular weight excluding hydrogens is 444 g/mol. The molecular formula is C23H26N4O5S. The van der Waals surface area contributed by atoms with E-state index < -0.39 is 10.0 Å². The van der Waals surface area contributed by atoms with E-state index >= 15 is 0 Å². The molecule has 0 unspecified atom stereocenters. The molecule has 4 rings (SSSR count). The first-order valence-corrected chi connectivity index (χ1v) is 12.1. The van der Waals surface area contributed by atoms with Crippen LogP contribution in [0.5, 0.6) is 5.75 Å². The Labute approximate surface area is 192 Å². The van der Waals surface area contributed by atoms with Crippen molar-refractivity contribution in [3.05, 3.63) is 70.1 Å². The van der Waals surface area contributed by atoms with E-state index in [1.807, 2.05) is 31.2 Å². The first-order valence-electron chi connectivity index (χ1n) is 10.7. The lowest BCUT2D eigenvalue weighted by Crippen LogP contribution is -2.40. The molecule has 174 valence electrons. The summed E-state index contributed by atoms with van der Waals surface area (Å²) in [4.78, 5) is 17.6. The summed E-state index contributed by atoms with van der Waals surface area (Å²) in [5, 5.41) is 3.03. The van der Waals surface area contributed by atoms with E-state index in [9.17, 15) is 13.2 Å². The van der Waals surface area contributed by atoms with Gasteiger partial charge in [-0.3, -0.25) is 14.9 Å². The van der Waals surface area contributed by atoms with Crippen molar-refractivity contribution in [2.75, 3.05) is 32.9 Å². The number of rotatable bonds is 7. The lowest BCUT2D eigenvalue weighted by molar-refractivity contribution is 0.0730. The summed E-state index contributed by atoms with van der Waals surface area (Å²) in [6.07, 6.45) is 1.51. The van der Waals surface area contributed by atoms with Gasteiger partial charge in [-0.1, -0.05) is 12.1 Å². The Morgan fingerprint density at radius 1 is 1.12 bits per heavy atom.